The summed E-state index contributed by atoms with van der Waals surface area (Å²) < 4.78 is 47.9. The van der Waals surface area contributed by atoms with Gasteiger partial charge in [0.15, 0.2) is 0 Å². The first-order chi connectivity index (χ1) is 8.93. The predicted molar refractivity (Wildman–Crippen MR) is 60.4 cm³/mol. The summed E-state index contributed by atoms with van der Waals surface area (Å²) in [6.07, 6.45) is -3.61. The van der Waals surface area contributed by atoms with Gasteiger partial charge in [0.05, 0.1) is 19.0 Å². The van der Waals surface area contributed by atoms with E-state index in [2.05, 4.69) is 5.32 Å². The van der Waals surface area contributed by atoms with Crippen molar-refractivity contribution >= 4 is 0 Å². The number of halogens is 3. The molecule has 1 saturated carbocycles. The Bertz CT molecular complexity index is 387. The zero-order valence-corrected chi connectivity index (χ0v) is 10.2. The van der Waals surface area contributed by atoms with E-state index < -0.39 is 17.8 Å². The highest BCUT2D eigenvalue weighted by Crippen LogP contribution is 2.48. The second-order valence-corrected chi connectivity index (χ2v) is 4.71. The minimum absolute atomic E-state index is 0.0400. The first-order valence-corrected chi connectivity index (χ1v) is 6.03. The molecule has 108 valence electrons. The first-order valence-electron chi connectivity index (χ1n) is 6.03. The number of aliphatic hydroxyl groups excluding tert-OH is 1. The van der Waals surface area contributed by atoms with Crippen LogP contribution >= 0.6 is 0 Å². The molecule has 1 fully saturated rings. The lowest BCUT2D eigenvalue weighted by molar-refractivity contribution is -0.167. The van der Waals surface area contributed by atoms with Crippen LogP contribution in [0.3, 0.4) is 0 Å². The summed E-state index contributed by atoms with van der Waals surface area (Å²) >= 11 is 0. The second-order valence-electron chi connectivity index (χ2n) is 4.71. The van der Waals surface area contributed by atoms with E-state index in [0.717, 1.165) is 0 Å². The number of hydrogen-bond donors (Lipinski definition) is 2. The van der Waals surface area contributed by atoms with E-state index in [-0.39, 0.29) is 32.6 Å². The molecule has 2 rings (SSSR count). The Morgan fingerprint density at radius 3 is 2.74 bits per heavy atom. The molecule has 2 N–H and O–H groups in total. The van der Waals surface area contributed by atoms with E-state index in [1.54, 1.807) is 12.1 Å². The maximum atomic E-state index is 12.6. The molecule has 1 heterocycles. The van der Waals surface area contributed by atoms with Crippen molar-refractivity contribution in [3.8, 4) is 0 Å². The quantitative estimate of drug-likeness (QED) is 0.799. The maximum Gasteiger partial charge on any atom is 0.406 e. The van der Waals surface area contributed by atoms with Crippen molar-refractivity contribution in [1.82, 2.24) is 5.32 Å². The Balaban J connectivity index is 1.64. The highest BCUT2D eigenvalue weighted by Gasteiger charge is 2.63. The van der Waals surface area contributed by atoms with Crippen LogP contribution in [0.2, 0.25) is 0 Å². The molecule has 1 aliphatic rings. The summed E-state index contributed by atoms with van der Waals surface area (Å²) in [6.45, 7) is 0.00771. The monoisotopic (exact) mass is 279 g/mol. The molecule has 4 nitrogen and oxygen atoms in total. The lowest BCUT2D eigenvalue weighted by Crippen LogP contribution is -2.48. The molecule has 7 heteroatoms. The van der Waals surface area contributed by atoms with Gasteiger partial charge in [-0.15, -0.1) is 0 Å². The average Bonchev–Trinajstić information content (AvgIpc) is 2.97. The number of nitrogens with one attached hydrogen (secondary N) is 1. The summed E-state index contributed by atoms with van der Waals surface area (Å²) in [5.74, 6) is 0.606. The van der Waals surface area contributed by atoms with Crippen molar-refractivity contribution in [2.45, 2.75) is 37.3 Å². The van der Waals surface area contributed by atoms with Crippen LogP contribution in [-0.2, 0) is 11.3 Å². The molecule has 0 saturated heterocycles. The van der Waals surface area contributed by atoms with Crippen LogP contribution in [-0.4, -0.2) is 36.1 Å². The van der Waals surface area contributed by atoms with Gasteiger partial charge in [-0.2, -0.15) is 13.2 Å². The molecule has 19 heavy (non-hydrogen) atoms. The summed E-state index contributed by atoms with van der Waals surface area (Å²) in [5, 5.41) is 11.9. The van der Waals surface area contributed by atoms with Gasteiger partial charge >= 0.3 is 6.18 Å². The van der Waals surface area contributed by atoms with Crippen LogP contribution in [0.1, 0.15) is 18.6 Å². The average molecular weight is 279 g/mol. The van der Waals surface area contributed by atoms with Crippen molar-refractivity contribution in [1.29, 1.82) is 0 Å². The number of ether oxygens (including phenoxy) is 1. The Labute approximate surface area is 108 Å². The Hall–Kier alpha value is -1.05. The van der Waals surface area contributed by atoms with Gasteiger partial charge in [-0.3, -0.25) is 0 Å². The lowest BCUT2D eigenvalue weighted by Gasteiger charge is -2.22. The highest BCUT2D eigenvalue weighted by molar-refractivity contribution is 5.08. The van der Waals surface area contributed by atoms with E-state index in [9.17, 15) is 18.3 Å². The molecular weight excluding hydrogens is 263 g/mol. The fourth-order valence-electron chi connectivity index (χ4n) is 1.75. The Morgan fingerprint density at radius 2 is 2.21 bits per heavy atom. The largest absolute Gasteiger partial charge is 0.467 e. The highest BCUT2D eigenvalue weighted by atomic mass is 19.4. The van der Waals surface area contributed by atoms with Crippen LogP contribution < -0.4 is 5.32 Å². The molecule has 0 bridgehead atoms. The molecule has 0 amide bonds. The minimum atomic E-state index is -4.26. The van der Waals surface area contributed by atoms with Crippen molar-refractivity contribution in [3.05, 3.63) is 24.2 Å². The summed E-state index contributed by atoms with van der Waals surface area (Å²) in [5.41, 5.74) is -1.80. The van der Waals surface area contributed by atoms with E-state index >= 15 is 0 Å². The molecule has 0 aromatic carbocycles. The third-order valence-electron chi connectivity index (χ3n) is 3.10. The number of aliphatic hydroxyl groups is 1. The smallest absolute Gasteiger partial charge is 0.406 e. The fourth-order valence-corrected chi connectivity index (χ4v) is 1.75. The minimum Gasteiger partial charge on any atom is -0.467 e. The van der Waals surface area contributed by atoms with Crippen LogP contribution in [0.15, 0.2) is 22.8 Å². The van der Waals surface area contributed by atoms with Crippen molar-refractivity contribution < 1.29 is 27.4 Å². The van der Waals surface area contributed by atoms with Crippen LogP contribution in [0.4, 0.5) is 13.2 Å². The molecule has 0 radical (unpaired) electrons. The van der Waals surface area contributed by atoms with Gasteiger partial charge in [-0.05, 0) is 25.0 Å². The Kier molecular flexibility index (Phi) is 4.17. The number of β-amino-alcohol motifs (C(OH)–C–C–N with tert-alkyl or cyclic N) is 1. The van der Waals surface area contributed by atoms with Crippen LogP contribution in [0.5, 0.6) is 0 Å². The summed E-state index contributed by atoms with van der Waals surface area (Å²) in [7, 11) is 0. The zero-order valence-electron chi connectivity index (χ0n) is 10.2. The van der Waals surface area contributed by atoms with E-state index in [1.165, 1.54) is 6.26 Å². The SMILES string of the molecule is OC(CNC1(C(F)(F)F)CC1)COCc1ccco1. The standard InChI is InChI=1S/C12H16F3NO3/c13-12(14,15)11(3-4-11)16-6-9(17)7-18-8-10-2-1-5-19-10/h1-2,5,9,16-17H,3-4,6-8H2. The van der Waals surface area contributed by atoms with Crippen molar-refractivity contribution in [3.63, 3.8) is 0 Å². The third-order valence-corrected chi connectivity index (χ3v) is 3.10. The molecule has 1 unspecified atom stereocenters. The molecule has 1 atom stereocenters. The molecule has 0 spiro atoms. The first kappa shape index (κ1) is 14.4. The van der Waals surface area contributed by atoms with Gasteiger partial charge in [-0.1, -0.05) is 0 Å². The van der Waals surface area contributed by atoms with Gasteiger partial charge in [0.2, 0.25) is 0 Å². The molecular formula is C12H16F3NO3. The van der Waals surface area contributed by atoms with E-state index in [4.69, 9.17) is 9.15 Å². The number of alkyl halides is 3. The fraction of sp³-hybridized carbons (Fsp3) is 0.667. The van der Waals surface area contributed by atoms with E-state index in [0.29, 0.717) is 5.76 Å². The summed E-state index contributed by atoms with van der Waals surface area (Å²) in [4.78, 5) is 0. The van der Waals surface area contributed by atoms with Crippen molar-refractivity contribution in [2.24, 2.45) is 0 Å². The Morgan fingerprint density at radius 1 is 1.47 bits per heavy atom. The topological polar surface area (TPSA) is 54.6 Å². The number of hydrogen-bond acceptors (Lipinski definition) is 4. The van der Waals surface area contributed by atoms with Gasteiger partial charge in [0.1, 0.15) is 17.9 Å². The molecule has 1 aromatic rings. The summed E-state index contributed by atoms with van der Waals surface area (Å²) in [6, 6.07) is 3.42. The molecule has 1 aromatic heterocycles. The zero-order chi connectivity index (χ0) is 13.9. The van der Waals surface area contributed by atoms with Crippen LogP contribution in [0, 0.1) is 0 Å². The normalized spacial score (nSPS) is 19.4. The predicted octanol–water partition coefficient (Wildman–Crippen LogP) is 1.84. The second kappa shape index (κ2) is 5.52. The van der Waals surface area contributed by atoms with Gasteiger partial charge < -0.3 is 19.6 Å². The van der Waals surface area contributed by atoms with Crippen molar-refractivity contribution in [2.75, 3.05) is 13.2 Å². The van der Waals surface area contributed by atoms with Gasteiger partial charge in [0.25, 0.3) is 0 Å². The van der Waals surface area contributed by atoms with Crippen LogP contribution in [0.25, 0.3) is 0 Å². The number of furan rings is 1. The van der Waals surface area contributed by atoms with Gasteiger partial charge in [-0.25, -0.2) is 0 Å². The lowest BCUT2D eigenvalue weighted by atomic mass is 10.2. The number of rotatable bonds is 7. The maximum absolute atomic E-state index is 12.6. The van der Waals surface area contributed by atoms with Gasteiger partial charge in [0, 0.05) is 6.54 Å². The molecule has 1 aliphatic carbocycles. The van der Waals surface area contributed by atoms with E-state index in [1.807, 2.05) is 0 Å². The third kappa shape index (κ3) is 3.71. The molecule has 0 aliphatic heterocycles.